The maximum atomic E-state index is 12.3. The molecule has 1 aliphatic rings. The van der Waals surface area contributed by atoms with Crippen LogP contribution < -0.4 is 0 Å². The predicted octanol–water partition coefficient (Wildman–Crippen LogP) is 3.25. The second-order valence-corrected chi connectivity index (χ2v) is 7.49. The lowest BCUT2D eigenvalue weighted by Crippen LogP contribution is -2.50. The SMILES string of the molecule is CS[C@H](C)C(=O)N(C)[C@H]1CCN(Cc2ccccc2)[C@@H](C)C1. The van der Waals surface area contributed by atoms with Crippen molar-refractivity contribution in [2.75, 3.05) is 19.8 Å². The molecule has 22 heavy (non-hydrogen) atoms. The van der Waals surface area contributed by atoms with Crippen LogP contribution in [0.1, 0.15) is 32.3 Å². The van der Waals surface area contributed by atoms with Crippen LogP contribution in [0.5, 0.6) is 0 Å². The molecule has 1 amide bonds. The second kappa shape index (κ2) is 8.02. The minimum absolute atomic E-state index is 0.0580. The zero-order valence-corrected chi connectivity index (χ0v) is 15.0. The third kappa shape index (κ3) is 4.26. The number of hydrogen-bond acceptors (Lipinski definition) is 3. The number of thioether (sulfide) groups is 1. The van der Waals surface area contributed by atoms with Crippen molar-refractivity contribution < 1.29 is 4.79 Å². The van der Waals surface area contributed by atoms with Gasteiger partial charge in [0.1, 0.15) is 0 Å². The Balaban J connectivity index is 1.91. The average molecular weight is 321 g/mol. The third-order valence-electron chi connectivity index (χ3n) is 4.81. The Bertz CT molecular complexity index is 479. The van der Waals surface area contributed by atoms with Crippen LogP contribution in [0, 0.1) is 0 Å². The molecule has 0 aromatic heterocycles. The Morgan fingerprint density at radius 1 is 1.41 bits per heavy atom. The summed E-state index contributed by atoms with van der Waals surface area (Å²) in [5.74, 6) is 0.265. The van der Waals surface area contributed by atoms with E-state index in [9.17, 15) is 4.79 Å². The Hall–Kier alpha value is -1.00. The van der Waals surface area contributed by atoms with E-state index in [2.05, 4.69) is 42.2 Å². The van der Waals surface area contributed by atoms with E-state index >= 15 is 0 Å². The van der Waals surface area contributed by atoms with Gasteiger partial charge in [-0.2, -0.15) is 11.8 Å². The van der Waals surface area contributed by atoms with Gasteiger partial charge in [0.05, 0.1) is 5.25 Å². The molecule has 2 rings (SSSR count). The van der Waals surface area contributed by atoms with Gasteiger partial charge in [-0.3, -0.25) is 9.69 Å². The topological polar surface area (TPSA) is 23.6 Å². The van der Waals surface area contributed by atoms with Crippen LogP contribution in [0.25, 0.3) is 0 Å². The smallest absolute Gasteiger partial charge is 0.235 e. The number of carbonyl (C=O) groups excluding carboxylic acids is 1. The highest BCUT2D eigenvalue weighted by atomic mass is 32.2. The molecule has 1 aliphatic heterocycles. The predicted molar refractivity (Wildman–Crippen MR) is 95.1 cm³/mol. The molecular formula is C18H28N2OS. The van der Waals surface area contributed by atoms with E-state index in [0.29, 0.717) is 12.1 Å². The van der Waals surface area contributed by atoms with Crippen molar-refractivity contribution in [1.82, 2.24) is 9.80 Å². The van der Waals surface area contributed by atoms with E-state index < -0.39 is 0 Å². The van der Waals surface area contributed by atoms with E-state index in [0.717, 1.165) is 25.9 Å². The Kier molecular flexibility index (Phi) is 6.33. The van der Waals surface area contributed by atoms with Crippen molar-refractivity contribution >= 4 is 17.7 Å². The van der Waals surface area contributed by atoms with Crippen LogP contribution in [0.15, 0.2) is 30.3 Å². The molecule has 0 spiro atoms. The molecule has 1 saturated heterocycles. The maximum absolute atomic E-state index is 12.3. The van der Waals surface area contributed by atoms with Crippen molar-refractivity contribution in [2.45, 2.75) is 50.6 Å². The van der Waals surface area contributed by atoms with Crippen molar-refractivity contribution in [3.05, 3.63) is 35.9 Å². The lowest BCUT2D eigenvalue weighted by Gasteiger charge is -2.41. The molecule has 4 heteroatoms. The van der Waals surface area contributed by atoms with Crippen LogP contribution in [-0.2, 0) is 11.3 Å². The van der Waals surface area contributed by atoms with Gasteiger partial charge in [-0.05, 0) is 38.5 Å². The molecule has 0 bridgehead atoms. The number of likely N-dealkylation sites (tertiary alicyclic amines) is 1. The summed E-state index contributed by atoms with van der Waals surface area (Å²) in [6, 6.07) is 11.5. The first-order chi connectivity index (χ1) is 10.5. The molecule has 0 radical (unpaired) electrons. The zero-order valence-electron chi connectivity index (χ0n) is 14.2. The minimum Gasteiger partial charge on any atom is -0.342 e. The van der Waals surface area contributed by atoms with Gasteiger partial charge in [-0.1, -0.05) is 30.3 Å². The number of piperidine rings is 1. The molecule has 3 nitrogen and oxygen atoms in total. The molecule has 1 heterocycles. The van der Waals surface area contributed by atoms with E-state index in [-0.39, 0.29) is 11.2 Å². The maximum Gasteiger partial charge on any atom is 0.235 e. The molecule has 0 N–H and O–H groups in total. The van der Waals surface area contributed by atoms with Gasteiger partial charge in [-0.25, -0.2) is 0 Å². The Labute approximate surface area is 139 Å². The molecular weight excluding hydrogens is 292 g/mol. The van der Waals surface area contributed by atoms with Gasteiger partial charge in [0, 0.05) is 32.2 Å². The highest BCUT2D eigenvalue weighted by molar-refractivity contribution is 7.99. The molecule has 0 unspecified atom stereocenters. The number of amides is 1. The van der Waals surface area contributed by atoms with Gasteiger partial charge < -0.3 is 4.90 Å². The fraction of sp³-hybridized carbons (Fsp3) is 0.611. The standard InChI is InChI=1S/C18H28N2OS/c1-14-12-17(19(3)18(21)15(2)22-4)10-11-20(14)13-16-8-6-5-7-9-16/h5-9,14-15,17H,10-13H2,1-4H3/t14-,15+,17-/m0/s1. The molecule has 0 saturated carbocycles. The van der Waals surface area contributed by atoms with Crippen LogP contribution in [0.4, 0.5) is 0 Å². The zero-order chi connectivity index (χ0) is 16.1. The summed E-state index contributed by atoms with van der Waals surface area (Å²) in [4.78, 5) is 16.9. The lowest BCUT2D eigenvalue weighted by atomic mass is 9.96. The fourth-order valence-corrected chi connectivity index (χ4v) is 3.54. The molecule has 1 aromatic rings. The van der Waals surface area contributed by atoms with Gasteiger partial charge >= 0.3 is 0 Å². The summed E-state index contributed by atoms with van der Waals surface area (Å²) in [6.45, 7) is 6.35. The first kappa shape index (κ1) is 17.4. The van der Waals surface area contributed by atoms with Crippen molar-refractivity contribution in [3.63, 3.8) is 0 Å². The van der Waals surface area contributed by atoms with E-state index in [4.69, 9.17) is 0 Å². The molecule has 3 atom stereocenters. The van der Waals surface area contributed by atoms with Gasteiger partial charge in [0.2, 0.25) is 5.91 Å². The monoisotopic (exact) mass is 320 g/mol. The average Bonchev–Trinajstić information content (AvgIpc) is 2.55. The molecule has 0 aliphatic carbocycles. The summed E-state index contributed by atoms with van der Waals surface area (Å²) in [7, 11) is 1.97. The summed E-state index contributed by atoms with van der Waals surface area (Å²) < 4.78 is 0. The van der Waals surface area contributed by atoms with Gasteiger partial charge in [-0.15, -0.1) is 0 Å². The fourth-order valence-electron chi connectivity index (χ4n) is 3.17. The van der Waals surface area contributed by atoms with E-state index in [1.54, 1.807) is 11.8 Å². The van der Waals surface area contributed by atoms with Crippen molar-refractivity contribution in [3.8, 4) is 0 Å². The summed E-state index contributed by atoms with van der Waals surface area (Å²) in [5, 5.41) is 0.0580. The Morgan fingerprint density at radius 3 is 2.68 bits per heavy atom. The van der Waals surface area contributed by atoms with Crippen LogP contribution in [0.3, 0.4) is 0 Å². The largest absolute Gasteiger partial charge is 0.342 e. The first-order valence-corrected chi connectivity index (χ1v) is 9.39. The molecule has 1 fully saturated rings. The molecule has 122 valence electrons. The van der Waals surface area contributed by atoms with Gasteiger partial charge in [0.25, 0.3) is 0 Å². The van der Waals surface area contributed by atoms with Crippen molar-refractivity contribution in [1.29, 1.82) is 0 Å². The number of benzene rings is 1. The Morgan fingerprint density at radius 2 is 2.09 bits per heavy atom. The third-order valence-corrected chi connectivity index (χ3v) is 5.72. The molecule has 1 aromatic carbocycles. The normalized spacial score (nSPS) is 24.0. The summed E-state index contributed by atoms with van der Waals surface area (Å²) in [6.07, 6.45) is 4.14. The lowest BCUT2D eigenvalue weighted by molar-refractivity contribution is -0.132. The van der Waals surface area contributed by atoms with E-state index in [1.807, 2.05) is 25.1 Å². The summed E-state index contributed by atoms with van der Waals surface area (Å²) in [5.41, 5.74) is 1.37. The van der Waals surface area contributed by atoms with Crippen LogP contribution in [-0.4, -0.2) is 52.9 Å². The highest BCUT2D eigenvalue weighted by Gasteiger charge is 2.31. The highest BCUT2D eigenvalue weighted by Crippen LogP contribution is 2.24. The number of carbonyl (C=O) groups is 1. The van der Waals surface area contributed by atoms with Crippen LogP contribution in [0.2, 0.25) is 0 Å². The number of rotatable bonds is 5. The van der Waals surface area contributed by atoms with Gasteiger partial charge in [0.15, 0.2) is 0 Å². The minimum atomic E-state index is 0.0580. The van der Waals surface area contributed by atoms with Crippen LogP contribution >= 0.6 is 11.8 Å². The number of nitrogens with zero attached hydrogens (tertiary/aromatic N) is 2. The number of hydrogen-bond donors (Lipinski definition) is 0. The second-order valence-electron chi connectivity index (χ2n) is 6.31. The first-order valence-electron chi connectivity index (χ1n) is 8.10. The quantitative estimate of drug-likeness (QED) is 0.832. The van der Waals surface area contributed by atoms with E-state index in [1.165, 1.54) is 5.56 Å². The van der Waals surface area contributed by atoms with Crippen molar-refractivity contribution in [2.24, 2.45) is 0 Å². The summed E-state index contributed by atoms with van der Waals surface area (Å²) >= 11 is 1.63.